The van der Waals surface area contributed by atoms with Crippen molar-refractivity contribution in [2.24, 2.45) is 0 Å². The van der Waals surface area contributed by atoms with E-state index in [1.54, 1.807) is 53.1 Å². The summed E-state index contributed by atoms with van der Waals surface area (Å²) in [5, 5.41) is 13.3. The van der Waals surface area contributed by atoms with Crippen LogP contribution in [0.2, 0.25) is 0 Å². The SMILES string of the molecule is [2H]c1c([2H])c([2H])c(-c2ccc3c(c2)c2cc(-c4c([2H])c([2H])c([2H])c([2H])c4[2H])c4c5ccccc5sc4c2n3-c2c(C#N)c(-n3c4c([2H])c([2H])c([2H])c([2H])c4c4c([2H])c([2H])c([2H])c([2H])c43)c(-n3c4ccc(C)cc4c4cc(C)ccc43)c([N+]#[C-])c2-n2c3c([2H])c([2H])c([2H])c([2H])c3c3c([2H])c([2H])c([2H])c([2H])c32)c([2H])c1[2H]. The van der Waals surface area contributed by atoms with Crippen LogP contribution in [0.4, 0.5) is 5.69 Å². The Hall–Kier alpha value is -11.0. The summed E-state index contributed by atoms with van der Waals surface area (Å²) in [6.07, 6.45) is 0. The second-order valence-corrected chi connectivity index (χ2v) is 21.0. The Morgan fingerprint density at radius 3 is 1.43 bits per heavy atom. The van der Waals surface area contributed by atoms with Gasteiger partial charge in [0.15, 0.2) is 0 Å². The van der Waals surface area contributed by atoms with Crippen LogP contribution in [0.3, 0.4) is 0 Å². The predicted molar refractivity (Wildman–Crippen MR) is 348 cm³/mol. The van der Waals surface area contributed by atoms with Crippen molar-refractivity contribution in [1.29, 1.82) is 5.26 Å². The van der Waals surface area contributed by atoms with E-state index in [1.165, 1.54) is 28.8 Å². The number of benzene rings is 12. The van der Waals surface area contributed by atoms with Crippen LogP contribution >= 0.6 is 11.3 Å². The van der Waals surface area contributed by atoms with E-state index in [4.69, 9.17) is 8.22 Å². The van der Waals surface area contributed by atoms with Crippen molar-refractivity contribution in [1.82, 2.24) is 18.3 Å². The van der Waals surface area contributed by atoms with Gasteiger partial charge in [-0.2, -0.15) is 5.26 Å². The fourth-order valence-corrected chi connectivity index (χ4v) is 13.5. The molecule has 0 unspecified atom stereocenters. The molecule has 17 rings (SSSR count). The molecule has 0 radical (unpaired) electrons. The van der Waals surface area contributed by atoms with E-state index < -0.39 is 235 Å². The standard InChI is InChI=1S/C76H46N6S/c1-45-34-37-65-56(40-45)57-41-46(2)35-38-66(57)81(65)74-70(78-3)75(80-63-31-17-12-26-52(63)53-27-13-18-32-64(53)80)72(60(44-77)71(74)79-61-29-15-10-24-50(61)51-25-11-16-30-62(51)79)82-67-39-36-49(47-20-6-4-7-21-47)42-58(67)59-43-55(48-22-8-5-9-23-48)69-54-28-14-19-33-68(54)83-76(69)73(59)82/h4-43H,1-2H3/i4D,5D,6D,7D,8D,9D,10D,11D,12D,13D,15D,16D,17D,18D,20D,21D,22D,23D,24D,25D,26D,27D,29D,30D,31D,32D. The zero-order valence-corrected chi connectivity index (χ0v) is 44.0. The summed E-state index contributed by atoms with van der Waals surface area (Å²) in [7, 11) is 0. The van der Waals surface area contributed by atoms with Gasteiger partial charge >= 0.3 is 0 Å². The molecule has 83 heavy (non-hydrogen) atoms. The third kappa shape index (κ3) is 6.57. The normalized spacial score (nSPS) is 16.3. The van der Waals surface area contributed by atoms with Crippen molar-refractivity contribution in [3.63, 3.8) is 0 Å². The quantitative estimate of drug-likeness (QED) is 0.153. The minimum absolute atomic E-state index is 0.00588. The summed E-state index contributed by atoms with van der Waals surface area (Å²) in [4.78, 5) is 4.50. The highest BCUT2D eigenvalue weighted by Gasteiger charge is 2.35. The second kappa shape index (κ2) is 17.8. The Balaban J connectivity index is 1.27. The first-order valence-electron chi connectivity index (χ1n) is 38.9. The van der Waals surface area contributed by atoms with Gasteiger partial charge in [0.05, 0.1) is 114 Å². The van der Waals surface area contributed by atoms with E-state index in [0.717, 1.165) is 31.6 Å². The van der Waals surface area contributed by atoms with Crippen LogP contribution in [-0.4, -0.2) is 18.3 Å². The Morgan fingerprint density at radius 1 is 0.422 bits per heavy atom. The molecule has 0 aliphatic heterocycles. The average Bonchev–Trinajstić information content (AvgIpc) is 1.52. The van der Waals surface area contributed by atoms with Gasteiger partial charge in [-0.05, 0) is 109 Å². The molecule has 5 heterocycles. The van der Waals surface area contributed by atoms with Gasteiger partial charge in [-0.25, -0.2) is 4.85 Å². The molecule has 0 aliphatic carbocycles. The zero-order valence-electron chi connectivity index (χ0n) is 69.2. The summed E-state index contributed by atoms with van der Waals surface area (Å²) in [5.41, 5.74) is -4.28. The molecule has 0 spiro atoms. The molecule has 0 aliphatic rings. The lowest BCUT2D eigenvalue weighted by Gasteiger charge is -2.27. The van der Waals surface area contributed by atoms with Crippen molar-refractivity contribution in [3.05, 3.63) is 270 Å². The lowest BCUT2D eigenvalue weighted by Crippen LogP contribution is -2.14. The molecule has 5 aromatic heterocycles. The molecule has 0 fully saturated rings. The number of nitrogens with zero attached hydrogens (tertiary/aromatic N) is 6. The van der Waals surface area contributed by atoms with Crippen LogP contribution in [0.25, 0.3) is 157 Å². The highest BCUT2D eigenvalue weighted by Crippen LogP contribution is 2.54. The lowest BCUT2D eigenvalue weighted by molar-refractivity contribution is 1.04. The monoisotopic (exact) mass is 1100 g/mol. The fourth-order valence-electron chi connectivity index (χ4n) is 12.3. The number of thiophene rings is 1. The third-order valence-corrected chi connectivity index (χ3v) is 16.7. The molecule has 12 aromatic carbocycles. The van der Waals surface area contributed by atoms with Gasteiger partial charge in [0.25, 0.3) is 0 Å². The van der Waals surface area contributed by atoms with Gasteiger partial charge < -0.3 is 18.3 Å². The maximum atomic E-state index is 13.4. The van der Waals surface area contributed by atoms with Crippen molar-refractivity contribution in [2.45, 2.75) is 13.8 Å². The zero-order chi connectivity index (χ0) is 77.8. The number of hydrogen-bond acceptors (Lipinski definition) is 2. The van der Waals surface area contributed by atoms with Crippen LogP contribution < -0.4 is 0 Å². The van der Waals surface area contributed by atoms with Crippen molar-refractivity contribution in [3.8, 4) is 51.1 Å². The van der Waals surface area contributed by atoms with Crippen molar-refractivity contribution >= 4 is 124 Å². The smallest absolute Gasteiger partial charge is 0.238 e. The molecular weight excluding hydrogens is 1030 g/mol. The highest BCUT2D eigenvalue weighted by atomic mass is 32.1. The molecule has 0 saturated carbocycles. The van der Waals surface area contributed by atoms with E-state index >= 15 is 0 Å². The van der Waals surface area contributed by atoms with E-state index in [2.05, 4.69) is 10.9 Å². The topological polar surface area (TPSA) is 47.9 Å². The highest BCUT2D eigenvalue weighted by molar-refractivity contribution is 7.26. The van der Waals surface area contributed by atoms with Gasteiger partial charge in [0.2, 0.25) is 5.69 Å². The molecule has 386 valence electrons. The van der Waals surface area contributed by atoms with Crippen LogP contribution in [0.1, 0.15) is 52.3 Å². The predicted octanol–water partition coefficient (Wildman–Crippen LogP) is 20.8. The number of rotatable bonds is 6. The number of para-hydroxylation sites is 4. The Labute approximate surface area is 517 Å². The van der Waals surface area contributed by atoms with Gasteiger partial charge in [-0.1, -0.05) is 180 Å². The van der Waals surface area contributed by atoms with Crippen molar-refractivity contribution in [2.75, 3.05) is 0 Å². The molecule has 0 N–H and O–H groups in total. The second-order valence-electron chi connectivity index (χ2n) is 20.0. The first-order valence-corrected chi connectivity index (χ1v) is 26.7. The Bertz CT molecular complexity index is 7100. The van der Waals surface area contributed by atoms with E-state index in [9.17, 15) is 39.2 Å². The largest absolute Gasteiger partial charge is 0.317 e. The van der Waals surface area contributed by atoms with E-state index in [0.29, 0.717) is 20.9 Å². The van der Waals surface area contributed by atoms with Gasteiger partial charge in [-0.15, -0.1) is 11.3 Å². The molecule has 6 nitrogen and oxygen atoms in total. The molecule has 0 atom stereocenters. The van der Waals surface area contributed by atoms with Gasteiger partial charge in [-0.3, -0.25) is 0 Å². The Morgan fingerprint density at radius 2 is 0.880 bits per heavy atom. The Kier molecular flexibility index (Phi) is 5.99. The fraction of sp³-hybridized carbons (Fsp3) is 0.0263. The van der Waals surface area contributed by atoms with Crippen LogP contribution in [-0.2, 0) is 0 Å². The maximum Gasteiger partial charge on any atom is 0.238 e. The minimum Gasteiger partial charge on any atom is -0.317 e. The molecule has 0 bridgehead atoms. The summed E-state index contributed by atoms with van der Waals surface area (Å²) in [6.45, 7) is 13.9. The van der Waals surface area contributed by atoms with Crippen molar-refractivity contribution < 1.29 is 35.6 Å². The molecule has 7 heteroatoms. The van der Waals surface area contributed by atoms with Crippen LogP contribution in [0.15, 0.2) is 242 Å². The maximum absolute atomic E-state index is 13.4. The minimum atomic E-state index is -0.897. The summed E-state index contributed by atoms with van der Waals surface area (Å²) < 4.78 is 251. The van der Waals surface area contributed by atoms with Crippen LogP contribution in [0.5, 0.6) is 0 Å². The molecular formula is C76H46N6S. The molecule has 0 saturated heterocycles. The third-order valence-electron chi connectivity index (χ3n) is 15.6. The van der Waals surface area contributed by atoms with E-state index in [-0.39, 0.29) is 65.2 Å². The number of hydrogen-bond donors (Lipinski definition) is 0. The van der Waals surface area contributed by atoms with E-state index in [1.807, 2.05) is 26.0 Å². The number of nitriles is 1. The molecule has 0 amide bonds. The first kappa shape index (κ1) is 28.0. The summed E-state index contributed by atoms with van der Waals surface area (Å²) in [5.74, 6) is 0. The molecule has 17 aromatic rings. The average molecular weight is 1100 g/mol. The first-order chi connectivity index (χ1) is 51.7. The number of aromatic nitrogens is 4. The lowest BCUT2D eigenvalue weighted by atomic mass is 9.96. The summed E-state index contributed by atoms with van der Waals surface area (Å²) >= 11 is 1.10. The van der Waals surface area contributed by atoms with Gasteiger partial charge in [0, 0.05) is 58.6 Å². The summed E-state index contributed by atoms with van der Waals surface area (Å²) in [6, 6.07) is 5.33. The number of fused-ring (bicyclic) bond motifs is 16. The van der Waals surface area contributed by atoms with Crippen LogP contribution in [0, 0.1) is 31.8 Å². The number of aryl methyl sites for hydroxylation is 2. The van der Waals surface area contributed by atoms with Gasteiger partial charge in [0.1, 0.15) is 11.6 Å².